The Morgan fingerprint density at radius 3 is 3.22 bits per heavy atom. The molecule has 1 aliphatic heterocycles. The summed E-state index contributed by atoms with van der Waals surface area (Å²) >= 11 is 0. The number of hydrogen-bond donors (Lipinski definition) is 0. The summed E-state index contributed by atoms with van der Waals surface area (Å²) in [4.78, 5) is 2.20. The third-order valence-electron chi connectivity index (χ3n) is 1.34. The Kier molecular flexibility index (Phi) is 2.74. The predicted octanol–water partition coefficient (Wildman–Crippen LogP) is 0.666. The Hall–Kier alpha value is -0.340. The van der Waals surface area contributed by atoms with Crippen LogP contribution < -0.4 is 0 Å². The normalized spacial score (nSPS) is 21.8. The zero-order chi connectivity index (χ0) is 6.53. The van der Waals surface area contributed by atoms with Gasteiger partial charge in [-0.05, 0) is 0 Å². The predicted molar refractivity (Wildman–Crippen MR) is 36.9 cm³/mol. The van der Waals surface area contributed by atoms with E-state index >= 15 is 0 Å². The zero-order valence-corrected chi connectivity index (χ0v) is 5.55. The summed E-state index contributed by atoms with van der Waals surface area (Å²) in [5, 5.41) is 0. The molecule has 2 nitrogen and oxygen atoms in total. The minimum atomic E-state index is 0.758. The van der Waals surface area contributed by atoms with Crippen LogP contribution in [-0.4, -0.2) is 31.2 Å². The topological polar surface area (TPSA) is 12.5 Å². The van der Waals surface area contributed by atoms with Crippen LogP contribution in [0.2, 0.25) is 0 Å². The van der Waals surface area contributed by atoms with Gasteiger partial charge in [-0.3, -0.25) is 4.90 Å². The summed E-state index contributed by atoms with van der Waals surface area (Å²) in [5.41, 5.74) is 0. The molecule has 0 aliphatic carbocycles. The first kappa shape index (κ1) is 6.78. The largest absolute Gasteiger partial charge is 0.378 e. The van der Waals surface area contributed by atoms with Crippen LogP contribution in [0.3, 0.4) is 0 Å². The molecule has 0 saturated carbocycles. The molecule has 0 N–H and O–H groups in total. The van der Waals surface area contributed by atoms with Crippen molar-refractivity contribution in [1.29, 1.82) is 0 Å². The summed E-state index contributed by atoms with van der Waals surface area (Å²) in [6, 6.07) is 0. The van der Waals surface area contributed by atoms with Gasteiger partial charge in [0.25, 0.3) is 0 Å². The number of hydrogen-bond acceptors (Lipinski definition) is 2. The molecule has 0 spiro atoms. The first-order chi connectivity index (χ1) is 4.43. The lowest BCUT2D eigenvalue weighted by Gasteiger charge is -2.24. The number of ether oxygens (including phenoxy) is 1. The Balaban J connectivity index is 2.15. The van der Waals surface area contributed by atoms with Crippen LogP contribution >= 0.6 is 0 Å². The minimum Gasteiger partial charge on any atom is -0.378 e. The van der Waals surface area contributed by atoms with Crippen LogP contribution in [0.1, 0.15) is 0 Å². The van der Waals surface area contributed by atoms with E-state index < -0.39 is 0 Å². The molecular formula is C7H12NO. The maximum absolute atomic E-state index is 5.11. The smallest absolute Gasteiger partial charge is 0.0638 e. The van der Waals surface area contributed by atoms with E-state index in [2.05, 4.69) is 18.0 Å². The third kappa shape index (κ3) is 2.16. The van der Waals surface area contributed by atoms with E-state index in [4.69, 9.17) is 4.74 Å². The Morgan fingerprint density at radius 1 is 1.78 bits per heavy atom. The maximum Gasteiger partial charge on any atom is 0.0638 e. The molecule has 1 rings (SSSR count). The lowest BCUT2D eigenvalue weighted by molar-refractivity contribution is 0.0731. The second-order valence-electron chi connectivity index (χ2n) is 2.04. The molecule has 0 unspecified atom stereocenters. The molecule has 1 heterocycles. The first-order valence-corrected chi connectivity index (χ1v) is 3.19. The van der Waals surface area contributed by atoms with Crippen LogP contribution in [-0.2, 0) is 4.74 Å². The van der Waals surface area contributed by atoms with E-state index in [1.54, 1.807) is 0 Å². The standard InChI is InChI=1S/C7H12NO/c1-2-3-8-4-6-9-7-5-8/h2,4H,1,3,5-7H2. The molecule has 0 amide bonds. The van der Waals surface area contributed by atoms with Crippen molar-refractivity contribution in [1.82, 2.24) is 4.90 Å². The lowest BCUT2D eigenvalue weighted by atomic mass is 10.4. The summed E-state index contributed by atoms with van der Waals surface area (Å²) in [7, 11) is 0. The minimum absolute atomic E-state index is 0.758. The van der Waals surface area contributed by atoms with Crippen molar-refractivity contribution >= 4 is 0 Å². The van der Waals surface area contributed by atoms with Gasteiger partial charge in [-0.25, -0.2) is 0 Å². The van der Waals surface area contributed by atoms with Crippen molar-refractivity contribution in [2.24, 2.45) is 0 Å². The third-order valence-corrected chi connectivity index (χ3v) is 1.34. The van der Waals surface area contributed by atoms with Gasteiger partial charge in [0.05, 0.1) is 19.8 Å². The number of nitrogens with zero attached hydrogens (tertiary/aromatic N) is 1. The summed E-state index contributed by atoms with van der Waals surface area (Å²) < 4.78 is 5.11. The van der Waals surface area contributed by atoms with Crippen LogP contribution in [0.4, 0.5) is 0 Å². The highest BCUT2D eigenvalue weighted by Gasteiger charge is 2.07. The Bertz CT molecular complexity index is 86.9. The number of rotatable bonds is 2. The second-order valence-corrected chi connectivity index (χ2v) is 2.04. The highest BCUT2D eigenvalue weighted by atomic mass is 16.5. The van der Waals surface area contributed by atoms with Gasteiger partial charge in [0.15, 0.2) is 0 Å². The SMILES string of the molecule is C=CCN1[CH]COCC1. The average molecular weight is 126 g/mol. The van der Waals surface area contributed by atoms with Crippen LogP contribution in [0.5, 0.6) is 0 Å². The fourth-order valence-corrected chi connectivity index (χ4v) is 0.846. The molecule has 2 heteroatoms. The van der Waals surface area contributed by atoms with Crippen molar-refractivity contribution in [3.8, 4) is 0 Å². The van der Waals surface area contributed by atoms with E-state index in [-0.39, 0.29) is 0 Å². The molecular weight excluding hydrogens is 114 g/mol. The lowest BCUT2D eigenvalue weighted by Crippen LogP contribution is -2.32. The molecule has 0 aromatic heterocycles. The summed E-state index contributed by atoms with van der Waals surface area (Å²) in [5.74, 6) is 0. The molecule has 0 atom stereocenters. The summed E-state index contributed by atoms with van der Waals surface area (Å²) in [6.07, 6.45) is 1.90. The molecule has 0 aromatic rings. The van der Waals surface area contributed by atoms with Crippen molar-refractivity contribution in [2.45, 2.75) is 0 Å². The molecule has 1 fully saturated rings. The fourth-order valence-electron chi connectivity index (χ4n) is 0.846. The van der Waals surface area contributed by atoms with Crippen molar-refractivity contribution in [3.05, 3.63) is 19.2 Å². The van der Waals surface area contributed by atoms with Gasteiger partial charge in [-0.2, -0.15) is 0 Å². The van der Waals surface area contributed by atoms with Gasteiger partial charge in [0, 0.05) is 13.1 Å². The number of morpholine rings is 1. The quantitative estimate of drug-likeness (QED) is 0.504. The molecule has 0 bridgehead atoms. The van der Waals surface area contributed by atoms with Crippen molar-refractivity contribution < 1.29 is 4.74 Å². The molecule has 1 radical (unpaired) electrons. The van der Waals surface area contributed by atoms with Crippen LogP contribution in [0.15, 0.2) is 12.7 Å². The molecule has 0 aromatic carbocycles. The van der Waals surface area contributed by atoms with Gasteiger partial charge in [0.1, 0.15) is 0 Å². The zero-order valence-electron chi connectivity index (χ0n) is 5.55. The highest BCUT2D eigenvalue weighted by molar-refractivity contribution is 4.80. The van der Waals surface area contributed by atoms with Gasteiger partial charge < -0.3 is 4.74 Å². The fraction of sp³-hybridized carbons (Fsp3) is 0.571. The molecule has 1 saturated heterocycles. The van der Waals surface area contributed by atoms with Crippen molar-refractivity contribution in [2.75, 3.05) is 26.3 Å². The summed E-state index contributed by atoms with van der Waals surface area (Å²) in [6.45, 7) is 9.28. The Labute approximate surface area is 56.1 Å². The molecule has 9 heavy (non-hydrogen) atoms. The van der Waals surface area contributed by atoms with Gasteiger partial charge in [-0.1, -0.05) is 6.08 Å². The van der Waals surface area contributed by atoms with E-state index in [1.807, 2.05) is 6.08 Å². The van der Waals surface area contributed by atoms with Crippen LogP contribution in [0, 0.1) is 6.54 Å². The van der Waals surface area contributed by atoms with Gasteiger partial charge in [0.2, 0.25) is 0 Å². The monoisotopic (exact) mass is 126 g/mol. The van der Waals surface area contributed by atoms with E-state index in [0.717, 1.165) is 26.3 Å². The van der Waals surface area contributed by atoms with Crippen LogP contribution in [0.25, 0.3) is 0 Å². The van der Waals surface area contributed by atoms with E-state index in [0.29, 0.717) is 0 Å². The second kappa shape index (κ2) is 3.64. The van der Waals surface area contributed by atoms with E-state index in [9.17, 15) is 0 Å². The van der Waals surface area contributed by atoms with Crippen molar-refractivity contribution in [3.63, 3.8) is 0 Å². The maximum atomic E-state index is 5.11. The Morgan fingerprint density at radius 2 is 2.67 bits per heavy atom. The van der Waals surface area contributed by atoms with E-state index in [1.165, 1.54) is 0 Å². The molecule has 51 valence electrons. The molecule has 1 aliphatic rings. The van der Waals surface area contributed by atoms with Gasteiger partial charge in [-0.15, -0.1) is 6.58 Å². The highest BCUT2D eigenvalue weighted by Crippen LogP contribution is 1.99. The first-order valence-electron chi connectivity index (χ1n) is 3.19. The van der Waals surface area contributed by atoms with Gasteiger partial charge >= 0.3 is 0 Å². The average Bonchev–Trinajstić information content (AvgIpc) is 1.91.